The number of alkyl halides is 3. The summed E-state index contributed by atoms with van der Waals surface area (Å²) in [5.74, 6) is 0. The molecule has 0 amide bonds. The highest BCUT2D eigenvalue weighted by Crippen LogP contribution is 2.33. The normalized spacial score (nSPS) is 11.5. The number of azide groups is 1. The third-order valence-corrected chi connectivity index (χ3v) is 2.23. The molecule has 0 atom stereocenters. The Kier molecular flexibility index (Phi) is 4.17. The van der Waals surface area contributed by atoms with Crippen LogP contribution in [-0.4, -0.2) is 6.54 Å². The van der Waals surface area contributed by atoms with Crippen LogP contribution in [0.25, 0.3) is 16.5 Å². The summed E-state index contributed by atoms with van der Waals surface area (Å²) in [6, 6.07) is 3.97. The van der Waals surface area contributed by atoms with E-state index in [1.807, 2.05) is 0 Å². The molecule has 0 N–H and O–H groups in total. The lowest BCUT2D eigenvalue weighted by Gasteiger charge is -2.11. The molecule has 0 heterocycles. The summed E-state index contributed by atoms with van der Waals surface area (Å²) in [5.41, 5.74) is 8.02. The van der Waals surface area contributed by atoms with E-state index >= 15 is 0 Å². The first-order chi connectivity index (χ1) is 7.96. The number of rotatable bonds is 3. The Morgan fingerprint density at radius 2 is 2.12 bits per heavy atom. The minimum absolute atomic E-state index is 0.117. The molecule has 0 aliphatic heterocycles. The van der Waals surface area contributed by atoms with Crippen LogP contribution in [0.2, 0.25) is 0 Å². The van der Waals surface area contributed by atoms with Crippen LogP contribution in [0.4, 0.5) is 13.2 Å². The van der Waals surface area contributed by atoms with Gasteiger partial charge in [0, 0.05) is 11.5 Å². The molecule has 0 aliphatic carbocycles. The van der Waals surface area contributed by atoms with Gasteiger partial charge in [0.05, 0.1) is 5.56 Å². The summed E-state index contributed by atoms with van der Waals surface area (Å²) in [6.07, 6.45) is -1.32. The Morgan fingerprint density at radius 1 is 1.41 bits per heavy atom. The fraction of sp³-hybridized carbons (Fsp3) is 0.273. The van der Waals surface area contributed by atoms with Gasteiger partial charge in [-0.2, -0.15) is 13.2 Å². The van der Waals surface area contributed by atoms with Crippen molar-refractivity contribution >= 4 is 6.08 Å². The first-order valence-corrected chi connectivity index (χ1v) is 4.81. The van der Waals surface area contributed by atoms with Crippen LogP contribution in [0.1, 0.15) is 16.7 Å². The summed E-state index contributed by atoms with van der Waals surface area (Å²) in [5, 5.41) is 3.26. The molecule has 0 saturated carbocycles. The van der Waals surface area contributed by atoms with E-state index in [1.54, 1.807) is 6.07 Å². The number of hydrogen-bond donors (Lipinski definition) is 0. The summed E-state index contributed by atoms with van der Waals surface area (Å²) < 4.78 is 37.7. The summed E-state index contributed by atoms with van der Waals surface area (Å²) in [4.78, 5) is 2.54. The zero-order valence-electron chi connectivity index (χ0n) is 9.07. The molecule has 0 saturated heterocycles. The number of hydrogen-bond acceptors (Lipinski definition) is 1. The smallest absolute Gasteiger partial charge is 0.166 e. The van der Waals surface area contributed by atoms with Crippen molar-refractivity contribution < 1.29 is 13.2 Å². The van der Waals surface area contributed by atoms with E-state index in [1.165, 1.54) is 25.1 Å². The van der Waals surface area contributed by atoms with Gasteiger partial charge in [0.15, 0.2) is 0 Å². The fourth-order valence-corrected chi connectivity index (χ4v) is 1.40. The largest absolute Gasteiger partial charge is 0.416 e. The van der Waals surface area contributed by atoms with Gasteiger partial charge < -0.3 is 0 Å². The monoisotopic (exact) mass is 241 g/mol. The molecule has 90 valence electrons. The van der Waals surface area contributed by atoms with Crippen LogP contribution in [0.5, 0.6) is 0 Å². The molecule has 0 bridgehead atoms. The van der Waals surface area contributed by atoms with E-state index in [2.05, 4.69) is 10.0 Å². The van der Waals surface area contributed by atoms with Gasteiger partial charge in [0.25, 0.3) is 0 Å². The summed E-state index contributed by atoms with van der Waals surface area (Å²) in [6.45, 7) is 1.53. The van der Waals surface area contributed by atoms with E-state index in [-0.39, 0.29) is 12.1 Å². The van der Waals surface area contributed by atoms with Gasteiger partial charge >= 0.3 is 6.18 Å². The minimum Gasteiger partial charge on any atom is -0.166 e. The Bertz CT molecular complexity index is 471. The van der Waals surface area contributed by atoms with E-state index in [4.69, 9.17) is 5.53 Å². The van der Waals surface area contributed by atoms with Crippen molar-refractivity contribution in [1.82, 2.24) is 0 Å². The first kappa shape index (κ1) is 13.1. The second-order valence-electron chi connectivity index (χ2n) is 3.33. The number of benzene rings is 1. The van der Waals surface area contributed by atoms with Crippen LogP contribution >= 0.6 is 0 Å². The predicted molar refractivity (Wildman–Crippen MR) is 59.2 cm³/mol. The van der Waals surface area contributed by atoms with Crippen LogP contribution in [0.15, 0.2) is 29.4 Å². The van der Waals surface area contributed by atoms with Crippen molar-refractivity contribution in [2.75, 3.05) is 6.54 Å². The third kappa shape index (κ3) is 3.53. The fourth-order valence-electron chi connectivity index (χ4n) is 1.40. The Labute approximate surface area is 96.2 Å². The second kappa shape index (κ2) is 5.41. The Hall–Kier alpha value is -1.94. The van der Waals surface area contributed by atoms with Crippen molar-refractivity contribution in [2.24, 2.45) is 5.11 Å². The van der Waals surface area contributed by atoms with Crippen LogP contribution < -0.4 is 0 Å². The molecular weight excluding hydrogens is 231 g/mol. The van der Waals surface area contributed by atoms with Gasteiger partial charge in [-0.05, 0) is 29.6 Å². The maximum Gasteiger partial charge on any atom is 0.416 e. The molecule has 1 rings (SSSR count). The molecule has 0 aliphatic rings. The molecule has 3 nitrogen and oxygen atoms in total. The summed E-state index contributed by atoms with van der Waals surface area (Å²) in [7, 11) is 0. The Morgan fingerprint density at radius 3 is 2.71 bits per heavy atom. The molecule has 1 aromatic carbocycles. The second-order valence-corrected chi connectivity index (χ2v) is 3.33. The maximum atomic E-state index is 12.6. The molecule has 0 fully saturated rings. The molecule has 0 radical (unpaired) electrons. The van der Waals surface area contributed by atoms with Gasteiger partial charge in [-0.1, -0.05) is 29.4 Å². The molecule has 0 aromatic heterocycles. The highest BCUT2D eigenvalue weighted by molar-refractivity contribution is 5.56. The van der Waals surface area contributed by atoms with Crippen molar-refractivity contribution in [2.45, 2.75) is 13.1 Å². The van der Waals surface area contributed by atoms with Crippen molar-refractivity contribution in [1.29, 1.82) is 0 Å². The maximum absolute atomic E-state index is 12.6. The van der Waals surface area contributed by atoms with Gasteiger partial charge in [-0.25, -0.2) is 0 Å². The van der Waals surface area contributed by atoms with Crippen molar-refractivity contribution in [3.05, 3.63) is 51.4 Å². The quantitative estimate of drug-likeness (QED) is 0.429. The van der Waals surface area contributed by atoms with Crippen molar-refractivity contribution in [3.63, 3.8) is 0 Å². The van der Waals surface area contributed by atoms with Gasteiger partial charge in [-0.15, -0.1) is 0 Å². The molecule has 0 unspecified atom stereocenters. The summed E-state index contributed by atoms with van der Waals surface area (Å²) >= 11 is 0. The van der Waals surface area contributed by atoms with E-state index in [0.717, 1.165) is 6.07 Å². The van der Waals surface area contributed by atoms with E-state index < -0.39 is 11.7 Å². The topological polar surface area (TPSA) is 48.8 Å². The average Bonchev–Trinajstić information content (AvgIpc) is 2.25. The predicted octanol–water partition coefficient (Wildman–Crippen LogP) is 4.34. The van der Waals surface area contributed by atoms with Crippen molar-refractivity contribution in [3.8, 4) is 0 Å². The van der Waals surface area contributed by atoms with Gasteiger partial charge in [0.1, 0.15) is 0 Å². The van der Waals surface area contributed by atoms with Crippen LogP contribution in [-0.2, 0) is 6.18 Å². The molecule has 1 aromatic rings. The lowest BCUT2D eigenvalue weighted by atomic mass is 10.0. The number of nitrogens with zero attached hydrogens (tertiary/aromatic N) is 3. The van der Waals surface area contributed by atoms with Gasteiger partial charge in [-0.3, -0.25) is 0 Å². The zero-order valence-corrected chi connectivity index (χ0v) is 9.07. The third-order valence-electron chi connectivity index (χ3n) is 2.23. The zero-order chi connectivity index (χ0) is 12.9. The first-order valence-electron chi connectivity index (χ1n) is 4.81. The highest BCUT2D eigenvalue weighted by Gasteiger charge is 2.32. The SMILES string of the molecule is Cc1c(C=CCN=[N+]=[N-])cccc1C(F)(F)F. The van der Waals surface area contributed by atoms with Crippen LogP contribution in [0.3, 0.4) is 0 Å². The van der Waals surface area contributed by atoms with Gasteiger partial charge in [0.2, 0.25) is 0 Å². The standard InChI is InChI=1S/C11H10F3N3/c1-8-9(5-3-7-16-17-15)4-2-6-10(8)11(12,13)14/h2-6H,7H2,1H3. The lowest BCUT2D eigenvalue weighted by Crippen LogP contribution is -2.07. The highest BCUT2D eigenvalue weighted by atomic mass is 19.4. The number of halogens is 3. The Balaban J connectivity index is 3.03. The average molecular weight is 241 g/mol. The van der Waals surface area contributed by atoms with Crippen LogP contribution in [0, 0.1) is 6.92 Å². The molecule has 0 spiro atoms. The molecular formula is C11H10F3N3. The molecule has 17 heavy (non-hydrogen) atoms. The lowest BCUT2D eigenvalue weighted by molar-refractivity contribution is -0.138. The van der Waals surface area contributed by atoms with E-state index in [9.17, 15) is 13.2 Å². The minimum atomic E-state index is -4.35. The van der Waals surface area contributed by atoms with E-state index in [0.29, 0.717) is 5.56 Å². The molecule has 6 heteroatoms.